The number of fused-ring (bicyclic) bond motifs is 1. The summed E-state index contributed by atoms with van der Waals surface area (Å²) < 4.78 is 44.2. The number of halogens is 3. The zero-order valence-corrected chi connectivity index (χ0v) is 16.7. The summed E-state index contributed by atoms with van der Waals surface area (Å²) in [4.78, 5) is 34.5. The van der Waals surface area contributed by atoms with Gasteiger partial charge in [0.2, 0.25) is 0 Å². The van der Waals surface area contributed by atoms with Crippen LogP contribution < -0.4 is 9.57 Å². The first-order valence-corrected chi connectivity index (χ1v) is 9.72. The molecule has 1 aliphatic rings. The largest absolute Gasteiger partial charge is 0.493 e. The van der Waals surface area contributed by atoms with Crippen molar-refractivity contribution in [2.45, 2.75) is 18.6 Å². The van der Waals surface area contributed by atoms with Gasteiger partial charge in [-0.3, -0.25) is 4.79 Å². The van der Waals surface area contributed by atoms with Gasteiger partial charge in [0.1, 0.15) is 18.1 Å². The highest BCUT2D eigenvalue weighted by Crippen LogP contribution is 2.34. The van der Waals surface area contributed by atoms with Crippen LogP contribution in [-0.4, -0.2) is 45.8 Å². The van der Waals surface area contributed by atoms with E-state index < -0.39 is 18.2 Å². The summed E-state index contributed by atoms with van der Waals surface area (Å²) in [6.07, 6.45) is -3.97. The van der Waals surface area contributed by atoms with Gasteiger partial charge in [0.05, 0.1) is 11.4 Å². The van der Waals surface area contributed by atoms with Crippen molar-refractivity contribution in [1.82, 2.24) is 14.6 Å². The number of nitrogens with zero attached hydrogens (tertiary/aromatic N) is 3. The number of para-hydroxylation sites is 1. The van der Waals surface area contributed by atoms with Crippen LogP contribution in [0.2, 0.25) is 0 Å². The lowest BCUT2D eigenvalue weighted by Gasteiger charge is -2.35. The molecule has 0 N–H and O–H groups in total. The Hall–Kier alpha value is -3.82. The van der Waals surface area contributed by atoms with E-state index in [1.54, 1.807) is 53.4 Å². The van der Waals surface area contributed by atoms with Crippen molar-refractivity contribution >= 4 is 11.9 Å². The molecule has 3 aromatic rings. The summed E-state index contributed by atoms with van der Waals surface area (Å²) in [7, 11) is 0. The van der Waals surface area contributed by atoms with E-state index in [1.165, 1.54) is 0 Å². The van der Waals surface area contributed by atoms with Crippen LogP contribution in [0.4, 0.5) is 13.2 Å². The number of hydrogen-bond donors (Lipinski definition) is 0. The third-order valence-electron chi connectivity index (χ3n) is 4.98. The Morgan fingerprint density at radius 1 is 1.03 bits per heavy atom. The van der Waals surface area contributed by atoms with Gasteiger partial charge >= 0.3 is 12.1 Å². The van der Waals surface area contributed by atoms with Gasteiger partial charge in [0, 0.05) is 13.0 Å². The van der Waals surface area contributed by atoms with Crippen molar-refractivity contribution in [2.24, 2.45) is 0 Å². The van der Waals surface area contributed by atoms with Crippen LogP contribution in [0.5, 0.6) is 5.75 Å². The summed E-state index contributed by atoms with van der Waals surface area (Å²) in [6.45, 7) is -0.0365. The molecule has 1 aliphatic heterocycles. The van der Waals surface area contributed by atoms with Crippen LogP contribution in [0.3, 0.4) is 0 Å². The van der Waals surface area contributed by atoms with Gasteiger partial charge in [-0.15, -0.1) is 0 Å². The molecule has 1 unspecified atom stereocenters. The van der Waals surface area contributed by atoms with E-state index in [9.17, 15) is 22.8 Å². The third kappa shape index (κ3) is 4.43. The van der Waals surface area contributed by atoms with Crippen molar-refractivity contribution in [3.05, 3.63) is 83.9 Å². The molecule has 0 spiro atoms. The monoisotopic (exact) mass is 445 g/mol. The van der Waals surface area contributed by atoms with E-state index in [0.29, 0.717) is 22.7 Å². The van der Waals surface area contributed by atoms with Crippen LogP contribution >= 0.6 is 0 Å². The number of imidazole rings is 1. The van der Waals surface area contributed by atoms with Crippen LogP contribution in [0.25, 0.3) is 0 Å². The van der Waals surface area contributed by atoms with Crippen molar-refractivity contribution < 1.29 is 32.3 Å². The molecule has 1 atom stereocenters. The molecule has 0 aliphatic carbocycles. The lowest BCUT2D eigenvalue weighted by atomic mass is 9.95. The highest BCUT2D eigenvalue weighted by molar-refractivity contribution is 5.79. The number of carbonyl (C=O) groups excluding carboxylic acids is 2. The zero-order chi connectivity index (χ0) is 22.7. The van der Waals surface area contributed by atoms with Crippen molar-refractivity contribution in [3.8, 4) is 5.75 Å². The smallest absolute Gasteiger partial charge is 0.484 e. The molecule has 10 heteroatoms. The molecule has 166 valence electrons. The van der Waals surface area contributed by atoms with Gasteiger partial charge in [-0.25, -0.2) is 9.78 Å². The predicted octanol–water partition coefficient (Wildman–Crippen LogP) is 2.95. The topological polar surface area (TPSA) is 73.7 Å². The number of benzene rings is 2. The number of hydrogen-bond acceptors (Lipinski definition) is 5. The molecule has 4 rings (SSSR count). The van der Waals surface area contributed by atoms with Gasteiger partial charge in [-0.1, -0.05) is 48.5 Å². The fourth-order valence-electron chi connectivity index (χ4n) is 3.55. The van der Waals surface area contributed by atoms with Crippen LogP contribution in [0.1, 0.15) is 23.0 Å². The van der Waals surface area contributed by atoms with Gasteiger partial charge in [-0.2, -0.15) is 17.9 Å². The molecule has 2 aromatic carbocycles. The SMILES string of the molecule is O=C(COc1ccccc1)N1CCc2c(ncn2OC(=O)C(F)(F)F)C1c1ccccc1. The third-order valence-corrected chi connectivity index (χ3v) is 4.98. The summed E-state index contributed by atoms with van der Waals surface area (Å²) in [6, 6.07) is 17.1. The first-order chi connectivity index (χ1) is 15.3. The number of rotatable bonds is 5. The maximum Gasteiger partial charge on any atom is 0.493 e. The Morgan fingerprint density at radius 2 is 1.69 bits per heavy atom. The van der Waals surface area contributed by atoms with Crippen LogP contribution in [0.15, 0.2) is 67.0 Å². The summed E-state index contributed by atoms with van der Waals surface area (Å²) in [5, 5.41) is 0. The molecule has 0 saturated carbocycles. The lowest BCUT2D eigenvalue weighted by Crippen LogP contribution is -2.44. The van der Waals surface area contributed by atoms with E-state index in [4.69, 9.17) is 4.74 Å². The molecule has 1 aromatic heterocycles. The Kier molecular flexibility index (Phi) is 5.85. The second-order valence-corrected chi connectivity index (χ2v) is 7.03. The molecule has 0 bridgehead atoms. The Labute approximate surface area is 180 Å². The summed E-state index contributed by atoms with van der Waals surface area (Å²) in [5.74, 6) is -2.11. The summed E-state index contributed by atoms with van der Waals surface area (Å²) >= 11 is 0. The van der Waals surface area contributed by atoms with Crippen LogP contribution in [0, 0.1) is 0 Å². The maximum atomic E-state index is 13.0. The van der Waals surface area contributed by atoms with Crippen molar-refractivity contribution in [3.63, 3.8) is 0 Å². The summed E-state index contributed by atoms with van der Waals surface area (Å²) in [5.41, 5.74) is 1.35. The Morgan fingerprint density at radius 3 is 2.34 bits per heavy atom. The van der Waals surface area contributed by atoms with E-state index in [-0.39, 0.29) is 25.5 Å². The molecule has 7 nitrogen and oxygen atoms in total. The van der Waals surface area contributed by atoms with E-state index >= 15 is 0 Å². The second-order valence-electron chi connectivity index (χ2n) is 7.03. The number of ether oxygens (including phenoxy) is 1. The van der Waals surface area contributed by atoms with Gasteiger partial charge in [0.25, 0.3) is 5.91 Å². The highest BCUT2D eigenvalue weighted by atomic mass is 19.4. The molecular formula is C22H18F3N3O4. The molecular weight excluding hydrogens is 427 g/mol. The second kappa shape index (κ2) is 8.74. The zero-order valence-electron chi connectivity index (χ0n) is 16.7. The minimum atomic E-state index is -5.14. The number of alkyl halides is 3. The predicted molar refractivity (Wildman–Crippen MR) is 106 cm³/mol. The number of amides is 1. The van der Waals surface area contributed by atoms with Gasteiger partial charge in [0.15, 0.2) is 6.61 Å². The molecule has 32 heavy (non-hydrogen) atoms. The quantitative estimate of drug-likeness (QED) is 0.604. The minimum Gasteiger partial charge on any atom is -0.484 e. The molecule has 0 saturated heterocycles. The van der Waals surface area contributed by atoms with Crippen molar-refractivity contribution in [1.29, 1.82) is 0 Å². The highest BCUT2D eigenvalue weighted by Gasteiger charge is 2.43. The van der Waals surface area contributed by atoms with Crippen LogP contribution in [-0.2, 0) is 16.0 Å². The molecule has 2 heterocycles. The maximum absolute atomic E-state index is 13.0. The first kappa shape index (κ1) is 21.4. The van der Waals surface area contributed by atoms with E-state index in [2.05, 4.69) is 9.82 Å². The minimum absolute atomic E-state index is 0.154. The average molecular weight is 445 g/mol. The Balaban J connectivity index is 1.61. The molecule has 0 fully saturated rings. The van der Waals surface area contributed by atoms with Gasteiger partial charge in [-0.05, 0) is 17.7 Å². The number of aromatic nitrogens is 2. The van der Waals surface area contributed by atoms with Gasteiger partial charge < -0.3 is 14.5 Å². The lowest BCUT2D eigenvalue weighted by molar-refractivity contribution is -0.200. The Bertz CT molecular complexity index is 1100. The fraction of sp³-hybridized carbons (Fsp3) is 0.227. The average Bonchev–Trinajstić information content (AvgIpc) is 3.20. The molecule has 1 amide bonds. The van der Waals surface area contributed by atoms with E-state index in [0.717, 1.165) is 11.1 Å². The number of carbonyl (C=O) groups is 2. The first-order valence-electron chi connectivity index (χ1n) is 9.72. The molecule has 0 radical (unpaired) electrons. The standard InChI is InChI=1S/C22H18F3N3O4/c23-22(24,25)21(30)32-28-14-26-19-17(28)11-12-27(20(19)15-7-3-1-4-8-15)18(29)13-31-16-9-5-2-6-10-16/h1-10,14,20H,11-13H2. The normalized spacial score (nSPS) is 15.7. The van der Waals surface area contributed by atoms with E-state index in [1.807, 2.05) is 12.1 Å². The fourth-order valence-corrected chi connectivity index (χ4v) is 3.55. The van der Waals surface area contributed by atoms with Crippen molar-refractivity contribution in [2.75, 3.05) is 13.2 Å².